The van der Waals surface area contributed by atoms with Gasteiger partial charge in [0.2, 0.25) is 0 Å². The van der Waals surface area contributed by atoms with Crippen LogP contribution in [-0.4, -0.2) is 15.9 Å². The number of carbonyl (C=O) groups excluding carboxylic acids is 1. The molecule has 0 aliphatic carbocycles. The van der Waals surface area contributed by atoms with E-state index in [-0.39, 0.29) is 5.56 Å². The summed E-state index contributed by atoms with van der Waals surface area (Å²) in [7, 11) is 0. The molecule has 0 spiro atoms. The van der Waals surface area contributed by atoms with Crippen molar-refractivity contribution in [2.45, 2.75) is 20.3 Å². The van der Waals surface area contributed by atoms with Crippen LogP contribution in [0.25, 0.3) is 11.0 Å². The number of aryl methyl sites for hydroxylation is 2. The van der Waals surface area contributed by atoms with Gasteiger partial charge in [-0.3, -0.25) is 4.79 Å². The molecule has 0 unspecified atom stereocenters. The highest BCUT2D eigenvalue weighted by molar-refractivity contribution is 6.06. The summed E-state index contributed by atoms with van der Waals surface area (Å²) in [6.07, 6.45) is 2.20. The highest BCUT2D eigenvalue weighted by Crippen LogP contribution is 2.24. The van der Waals surface area contributed by atoms with Crippen LogP contribution >= 0.6 is 0 Å². The maximum atomic E-state index is 12.8. The molecule has 4 rings (SSSR count). The van der Waals surface area contributed by atoms with Crippen LogP contribution in [0.2, 0.25) is 0 Å². The number of benzene rings is 2. The van der Waals surface area contributed by atoms with E-state index >= 15 is 0 Å². The highest BCUT2D eigenvalue weighted by atomic mass is 16.4. The number of aromatic nitrogens is 2. The van der Waals surface area contributed by atoms with E-state index in [0.29, 0.717) is 22.5 Å². The van der Waals surface area contributed by atoms with Gasteiger partial charge >= 0.3 is 5.63 Å². The SMILES string of the molecule is CCc1ccc(Nc2cc(C)ncn2)cc1NC(=O)c1cc2ccccc2oc1=O. The first-order chi connectivity index (χ1) is 14.5. The second-order valence-corrected chi connectivity index (χ2v) is 6.83. The molecule has 2 aromatic carbocycles. The minimum absolute atomic E-state index is 0.0412. The third-order valence-corrected chi connectivity index (χ3v) is 4.70. The smallest absolute Gasteiger partial charge is 0.349 e. The Morgan fingerprint density at radius 3 is 2.70 bits per heavy atom. The Labute approximate surface area is 172 Å². The van der Waals surface area contributed by atoms with E-state index < -0.39 is 11.5 Å². The number of hydrogen-bond donors (Lipinski definition) is 2. The summed E-state index contributed by atoms with van der Waals surface area (Å²) in [6.45, 7) is 3.88. The van der Waals surface area contributed by atoms with Crippen LogP contribution in [-0.2, 0) is 6.42 Å². The molecule has 0 aliphatic rings. The number of hydrogen-bond acceptors (Lipinski definition) is 6. The molecule has 4 aromatic rings. The Hall–Kier alpha value is -4.00. The third-order valence-electron chi connectivity index (χ3n) is 4.70. The molecule has 0 radical (unpaired) electrons. The second kappa shape index (κ2) is 8.16. The summed E-state index contributed by atoms with van der Waals surface area (Å²) in [5, 5.41) is 6.74. The summed E-state index contributed by atoms with van der Waals surface area (Å²) in [5.74, 6) is 0.137. The van der Waals surface area contributed by atoms with Crippen molar-refractivity contribution in [3.05, 3.63) is 88.2 Å². The zero-order chi connectivity index (χ0) is 21.1. The van der Waals surface area contributed by atoms with E-state index in [4.69, 9.17) is 4.42 Å². The average molecular weight is 400 g/mol. The van der Waals surface area contributed by atoms with Gasteiger partial charge in [-0.25, -0.2) is 14.8 Å². The molecular formula is C23H20N4O3. The lowest BCUT2D eigenvalue weighted by Gasteiger charge is -2.13. The van der Waals surface area contributed by atoms with Crippen molar-refractivity contribution in [1.82, 2.24) is 9.97 Å². The zero-order valence-corrected chi connectivity index (χ0v) is 16.6. The summed E-state index contributed by atoms with van der Waals surface area (Å²) in [4.78, 5) is 33.4. The number of fused-ring (bicyclic) bond motifs is 1. The number of rotatable bonds is 5. The molecule has 2 N–H and O–H groups in total. The van der Waals surface area contributed by atoms with Gasteiger partial charge in [-0.2, -0.15) is 0 Å². The molecule has 0 aliphatic heterocycles. The zero-order valence-electron chi connectivity index (χ0n) is 16.6. The summed E-state index contributed by atoms with van der Waals surface area (Å²) >= 11 is 0. The fourth-order valence-corrected chi connectivity index (χ4v) is 3.16. The first-order valence-corrected chi connectivity index (χ1v) is 9.56. The van der Waals surface area contributed by atoms with Crippen LogP contribution in [0.3, 0.4) is 0 Å². The van der Waals surface area contributed by atoms with Gasteiger partial charge < -0.3 is 15.1 Å². The molecule has 7 nitrogen and oxygen atoms in total. The lowest BCUT2D eigenvalue weighted by molar-refractivity contribution is 0.102. The highest BCUT2D eigenvalue weighted by Gasteiger charge is 2.15. The number of para-hydroxylation sites is 1. The minimum Gasteiger partial charge on any atom is -0.422 e. The van der Waals surface area contributed by atoms with Crippen LogP contribution in [0, 0.1) is 6.92 Å². The van der Waals surface area contributed by atoms with Gasteiger partial charge in [0.1, 0.15) is 23.3 Å². The molecular weight excluding hydrogens is 380 g/mol. The standard InChI is InChI=1S/C23H20N4O3/c1-3-15-8-9-17(26-21-10-14(2)24-13-25-21)12-19(15)27-22(28)18-11-16-6-4-5-7-20(16)30-23(18)29/h4-13H,3H2,1-2H3,(H,27,28)(H,24,25,26). The quantitative estimate of drug-likeness (QED) is 0.481. The normalized spacial score (nSPS) is 10.7. The van der Waals surface area contributed by atoms with E-state index in [9.17, 15) is 9.59 Å². The monoisotopic (exact) mass is 400 g/mol. The lowest BCUT2D eigenvalue weighted by Crippen LogP contribution is -2.21. The fourth-order valence-electron chi connectivity index (χ4n) is 3.16. The predicted molar refractivity (Wildman–Crippen MR) is 116 cm³/mol. The van der Waals surface area contributed by atoms with Crippen molar-refractivity contribution in [3.8, 4) is 0 Å². The molecule has 2 aromatic heterocycles. The summed E-state index contributed by atoms with van der Waals surface area (Å²) in [6, 6.07) is 16.1. The van der Waals surface area contributed by atoms with Crippen LogP contribution in [0.15, 0.2) is 70.1 Å². The Kier molecular flexibility index (Phi) is 5.26. The largest absolute Gasteiger partial charge is 0.422 e. The van der Waals surface area contributed by atoms with E-state index in [1.165, 1.54) is 6.33 Å². The van der Waals surface area contributed by atoms with Gasteiger partial charge in [0.25, 0.3) is 5.91 Å². The second-order valence-electron chi connectivity index (χ2n) is 6.83. The van der Waals surface area contributed by atoms with Gasteiger partial charge in [-0.1, -0.05) is 31.2 Å². The Bertz CT molecular complexity index is 1300. The Balaban J connectivity index is 1.64. The van der Waals surface area contributed by atoms with Crippen molar-refractivity contribution in [3.63, 3.8) is 0 Å². The topological polar surface area (TPSA) is 97.1 Å². The molecule has 0 saturated heterocycles. The van der Waals surface area contributed by atoms with Gasteiger partial charge in [0.15, 0.2) is 0 Å². The van der Waals surface area contributed by atoms with Crippen LogP contribution in [0.4, 0.5) is 17.2 Å². The number of anilines is 3. The number of carbonyl (C=O) groups is 1. The van der Waals surface area contributed by atoms with E-state index in [1.54, 1.807) is 24.3 Å². The summed E-state index contributed by atoms with van der Waals surface area (Å²) in [5.41, 5.74) is 2.89. The molecule has 0 fully saturated rings. The first-order valence-electron chi connectivity index (χ1n) is 9.56. The molecule has 7 heteroatoms. The molecule has 0 atom stereocenters. The van der Waals surface area contributed by atoms with Crippen molar-refractivity contribution in [2.75, 3.05) is 10.6 Å². The maximum absolute atomic E-state index is 12.8. The number of nitrogens with zero attached hydrogens (tertiary/aromatic N) is 2. The molecule has 1 amide bonds. The molecule has 0 saturated carbocycles. The van der Waals surface area contributed by atoms with Gasteiger partial charge in [-0.05, 0) is 43.2 Å². The Morgan fingerprint density at radius 1 is 1.07 bits per heavy atom. The van der Waals surface area contributed by atoms with Crippen LogP contribution in [0.5, 0.6) is 0 Å². The molecule has 2 heterocycles. The van der Waals surface area contributed by atoms with E-state index in [2.05, 4.69) is 20.6 Å². The number of nitrogens with one attached hydrogen (secondary N) is 2. The van der Waals surface area contributed by atoms with Crippen LogP contribution in [0.1, 0.15) is 28.5 Å². The predicted octanol–water partition coefficient (Wildman–Crippen LogP) is 4.45. The molecule has 150 valence electrons. The minimum atomic E-state index is -0.671. The molecule has 0 bridgehead atoms. The first kappa shape index (κ1) is 19.3. The lowest BCUT2D eigenvalue weighted by atomic mass is 10.1. The summed E-state index contributed by atoms with van der Waals surface area (Å²) < 4.78 is 5.28. The van der Waals surface area contributed by atoms with Crippen LogP contribution < -0.4 is 16.3 Å². The fraction of sp³-hybridized carbons (Fsp3) is 0.130. The molecule has 30 heavy (non-hydrogen) atoms. The number of amides is 1. The van der Waals surface area contributed by atoms with E-state index in [1.807, 2.05) is 44.2 Å². The van der Waals surface area contributed by atoms with Crippen molar-refractivity contribution in [1.29, 1.82) is 0 Å². The van der Waals surface area contributed by atoms with E-state index in [0.717, 1.165) is 23.4 Å². The van der Waals surface area contributed by atoms with Gasteiger partial charge in [-0.15, -0.1) is 0 Å². The van der Waals surface area contributed by atoms with Crippen molar-refractivity contribution in [2.24, 2.45) is 0 Å². The van der Waals surface area contributed by atoms with Crippen molar-refractivity contribution >= 4 is 34.1 Å². The van der Waals surface area contributed by atoms with Gasteiger partial charge in [0, 0.05) is 28.5 Å². The van der Waals surface area contributed by atoms with Gasteiger partial charge in [0.05, 0.1) is 0 Å². The maximum Gasteiger partial charge on any atom is 0.349 e. The third kappa shape index (κ3) is 4.05. The van der Waals surface area contributed by atoms with Crippen molar-refractivity contribution < 1.29 is 9.21 Å². The Morgan fingerprint density at radius 2 is 1.90 bits per heavy atom. The average Bonchev–Trinajstić information content (AvgIpc) is 2.73.